The van der Waals surface area contributed by atoms with Gasteiger partial charge in [0.05, 0.1) is 17.4 Å². The van der Waals surface area contributed by atoms with Crippen LogP contribution < -0.4 is 4.74 Å². The maximum atomic E-state index is 11.1. The van der Waals surface area contributed by atoms with E-state index >= 15 is 0 Å². The zero-order valence-electron chi connectivity index (χ0n) is 10.1. The molecule has 7 nitrogen and oxygen atoms in total. The molecule has 0 heterocycles. The number of methoxy groups -OCH3 is 1. The van der Waals surface area contributed by atoms with Crippen molar-refractivity contribution in [3.05, 3.63) is 27.8 Å². The van der Waals surface area contributed by atoms with Crippen LogP contribution in [0.15, 0.2) is 12.1 Å². The van der Waals surface area contributed by atoms with Crippen molar-refractivity contribution < 1.29 is 24.7 Å². The largest absolute Gasteiger partial charge is 0.500 e. The summed E-state index contributed by atoms with van der Waals surface area (Å²) in [5.41, 5.74) is -1.74. The van der Waals surface area contributed by atoms with Crippen LogP contribution in [-0.4, -0.2) is 28.2 Å². The molecule has 0 radical (unpaired) electrons. The van der Waals surface area contributed by atoms with Gasteiger partial charge in [0.25, 0.3) is 0 Å². The molecule has 0 spiro atoms. The van der Waals surface area contributed by atoms with E-state index in [9.17, 15) is 20.0 Å². The molecule has 0 unspecified atom stereocenters. The Morgan fingerprint density at radius 1 is 1.44 bits per heavy atom. The third-order valence-electron chi connectivity index (χ3n) is 2.73. The highest BCUT2D eigenvalue weighted by Crippen LogP contribution is 2.40. The van der Waals surface area contributed by atoms with Crippen molar-refractivity contribution >= 4 is 11.7 Å². The number of hydrogen-bond acceptors (Lipinski definition) is 5. The summed E-state index contributed by atoms with van der Waals surface area (Å²) in [6.07, 6.45) is 0. The van der Waals surface area contributed by atoms with E-state index < -0.39 is 27.7 Å². The smallest absolute Gasteiger partial charge is 0.314 e. The summed E-state index contributed by atoms with van der Waals surface area (Å²) in [5.74, 6) is -1.88. The number of aromatic hydroxyl groups is 1. The lowest BCUT2D eigenvalue weighted by molar-refractivity contribution is -0.386. The van der Waals surface area contributed by atoms with Crippen LogP contribution in [0.1, 0.15) is 19.4 Å². The Bertz CT molecular complexity index is 509. The van der Waals surface area contributed by atoms with Gasteiger partial charge in [0.1, 0.15) is 0 Å². The lowest BCUT2D eigenvalue weighted by atomic mass is 9.84. The minimum atomic E-state index is -1.33. The summed E-state index contributed by atoms with van der Waals surface area (Å²) in [6, 6.07) is 2.31. The number of nitro groups is 1. The third kappa shape index (κ3) is 2.20. The summed E-state index contributed by atoms with van der Waals surface area (Å²) in [7, 11) is 1.23. The Balaban J connectivity index is 3.53. The second-order valence-electron chi connectivity index (χ2n) is 4.23. The Labute approximate surface area is 103 Å². The van der Waals surface area contributed by atoms with E-state index in [4.69, 9.17) is 9.84 Å². The van der Waals surface area contributed by atoms with Crippen molar-refractivity contribution in [2.75, 3.05) is 7.11 Å². The van der Waals surface area contributed by atoms with Gasteiger partial charge in [-0.25, -0.2) is 0 Å². The van der Waals surface area contributed by atoms with Crippen molar-refractivity contribution in [3.8, 4) is 11.5 Å². The number of hydrogen-bond donors (Lipinski definition) is 2. The highest BCUT2D eigenvalue weighted by molar-refractivity contribution is 5.81. The Morgan fingerprint density at radius 2 is 2.00 bits per heavy atom. The van der Waals surface area contributed by atoms with Crippen LogP contribution in [0.25, 0.3) is 0 Å². The zero-order chi connectivity index (χ0) is 14.1. The first-order chi connectivity index (χ1) is 8.21. The van der Waals surface area contributed by atoms with Crippen molar-refractivity contribution in [1.29, 1.82) is 0 Å². The van der Waals surface area contributed by atoms with Gasteiger partial charge in [-0.15, -0.1) is 0 Å². The van der Waals surface area contributed by atoms with Crippen LogP contribution >= 0.6 is 0 Å². The van der Waals surface area contributed by atoms with Crippen LogP contribution in [0.2, 0.25) is 0 Å². The molecule has 18 heavy (non-hydrogen) atoms. The number of carboxylic acid groups (broad SMARTS) is 1. The van der Waals surface area contributed by atoms with E-state index in [-0.39, 0.29) is 11.3 Å². The fraction of sp³-hybridized carbons (Fsp3) is 0.364. The molecule has 0 aliphatic carbocycles. The predicted octanol–water partition coefficient (Wildman–Crippen LogP) is 1.67. The number of aliphatic carboxylic acids is 1. The Morgan fingerprint density at radius 3 is 2.39 bits per heavy atom. The Hall–Kier alpha value is -2.31. The van der Waals surface area contributed by atoms with Crippen molar-refractivity contribution in [2.45, 2.75) is 19.3 Å². The molecule has 1 rings (SSSR count). The van der Waals surface area contributed by atoms with Crippen LogP contribution in [0, 0.1) is 10.1 Å². The molecule has 2 N–H and O–H groups in total. The van der Waals surface area contributed by atoms with Gasteiger partial charge in [-0.2, -0.15) is 0 Å². The summed E-state index contributed by atoms with van der Waals surface area (Å²) < 4.78 is 4.80. The van der Waals surface area contributed by atoms with Crippen LogP contribution in [0.4, 0.5) is 5.69 Å². The van der Waals surface area contributed by atoms with Crippen LogP contribution in [-0.2, 0) is 10.2 Å². The number of nitrogens with zero attached hydrogens (tertiary/aromatic N) is 1. The molecule has 1 aromatic carbocycles. The number of ether oxygens (including phenoxy) is 1. The fourth-order valence-electron chi connectivity index (χ4n) is 1.37. The van der Waals surface area contributed by atoms with Crippen molar-refractivity contribution in [3.63, 3.8) is 0 Å². The second kappa shape index (κ2) is 4.52. The van der Waals surface area contributed by atoms with Crippen molar-refractivity contribution in [2.24, 2.45) is 0 Å². The zero-order valence-corrected chi connectivity index (χ0v) is 10.1. The molecule has 0 saturated heterocycles. The molecule has 0 amide bonds. The van der Waals surface area contributed by atoms with E-state index in [1.54, 1.807) is 0 Å². The summed E-state index contributed by atoms with van der Waals surface area (Å²) in [6.45, 7) is 2.82. The van der Waals surface area contributed by atoms with Gasteiger partial charge in [0.2, 0.25) is 5.75 Å². The van der Waals surface area contributed by atoms with E-state index in [1.165, 1.54) is 27.0 Å². The number of phenolic OH excluding ortho intramolecular Hbond substituents is 1. The minimum absolute atomic E-state index is 0.131. The molecular formula is C11H13NO6. The molecule has 0 atom stereocenters. The van der Waals surface area contributed by atoms with E-state index in [1.807, 2.05) is 0 Å². The molecular weight excluding hydrogens is 242 g/mol. The van der Waals surface area contributed by atoms with Gasteiger partial charge in [0, 0.05) is 6.07 Å². The second-order valence-corrected chi connectivity index (χ2v) is 4.23. The summed E-state index contributed by atoms with van der Waals surface area (Å²) >= 11 is 0. The molecule has 98 valence electrons. The molecule has 0 saturated carbocycles. The summed E-state index contributed by atoms with van der Waals surface area (Å²) in [5, 5.41) is 29.4. The first kappa shape index (κ1) is 13.8. The highest BCUT2D eigenvalue weighted by atomic mass is 16.6. The normalized spacial score (nSPS) is 11.1. The highest BCUT2D eigenvalue weighted by Gasteiger charge is 2.33. The molecule has 0 aliphatic rings. The van der Waals surface area contributed by atoms with Gasteiger partial charge in [-0.1, -0.05) is 0 Å². The molecule has 0 fully saturated rings. The summed E-state index contributed by atoms with van der Waals surface area (Å²) in [4.78, 5) is 21.1. The average molecular weight is 255 g/mol. The number of carboxylic acids is 1. The fourth-order valence-corrected chi connectivity index (χ4v) is 1.37. The Kier molecular flexibility index (Phi) is 3.45. The van der Waals surface area contributed by atoms with E-state index in [2.05, 4.69) is 0 Å². The molecule has 0 aromatic heterocycles. The SMILES string of the molecule is COc1cc(C(C)(C)C(=O)O)cc([N+](=O)[O-])c1O. The quantitative estimate of drug-likeness (QED) is 0.625. The predicted molar refractivity (Wildman–Crippen MR) is 62.0 cm³/mol. The van der Waals surface area contributed by atoms with Gasteiger partial charge in [-0.3, -0.25) is 14.9 Å². The third-order valence-corrected chi connectivity index (χ3v) is 2.73. The maximum absolute atomic E-state index is 11.1. The molecule has 1 aromatic rings. The van der Waals surface area contributed by atoms with E-state index in [0.29, 0.717) is 0 Å². The van der Waals surface area contributed by atoms with Gasteiger partial charge in [-0.05, 0) is 25.5 Å². The minimum Gasteiger partial charge on any atom is -0.500 e. The molecule has 7 heteroatoms. The first-order valence-corrected chi connectivity index (χ1v) is 5.01. The topological polar surface area (TPSA) is 110 Å². The number of nitro benzene ring substituents is 1. The molecule has 0 aliphatic heterocycles. The number of carbonyl (C=O) groups is 1. The lowest BCUT2D eigenvalue weighted by Gasteiger charge is -2.20. The number of benzene rings is 1. The first-order valence-electron chi connectivity index (χ1n) is 5.01. The van der Waals surface area contributed by atoms with Crippen LogP contribution in [0.5, 0.6) is 11.5 Å². The number of rotatable bonds is 4. The van der Waals surface area contributed by atoms with Gasteiger partial charge in [0.15, 0.2) is 5.75 Å². The molecule has 0 bridgehead atoms. The van der Waals surface area contributed by atoms with Crippen LogP contribution in [0.3, 0.4) is 0 Å². The average Bonchev–Trinajstić information content (AvgIpc) is 2.28. The maximum Gasteiger partial charge on any atom is 0.314 e. The van der Waals surface area contributed by atoms with Crippen molar-refractivity contribution in [1.82, 2.24) is 0 Å². The van der Waals surface area contributed by atoms with Gasteiger partial charge < -0.3 is 14.9 Å². The monoisotopic (exact) mass is 255 g/mol. The number of phenols is 1. The standard InChI is InChI=1S/C11H13NO6/c1-11(2,10(14)15)6-4-7(12(16)17)9(13)8(5-6)18-3/h4-5,13H,1-3H3,(H,14,15). The van der Waals surface area contributed by atoms with E-state index in [0.717, 1.165) is 6.07 Å². The lowest BCUT2D eigenvalue weighted by Crippen LogP contribution is -2.28. The van der Waals surface area contributed by atoms with Gasteiger partial charge >= 0.3 is 11.7 Å².